The molecule has 26 heavy (non-hydrogen) atoms. The van der Waals surface area contributed by atoms with Crippen molar-refractivity contribution in [3.8, 4) is 0 Å². The molecular formula is C21H28N2O3. The summed E-state index contributed by atoms with van der Waals surface area (Å²) in [5.41, 5.74) is 4.07. The second-order valence-corrected chi connectivity index (χ2v) is 6.37. The number of amides is 2. The molecule has 0 aliphatic carbocycles. The quantitative estimate of drug-likeness (QED) is 0.714. The van der Waals surface area contributed by atoms with Crippen molar-refractivity contribution >= 4 is 11.7 Å². The summed E-state index contributed by atoms with van der Waals surface area (Å²) in [5.74, 6) is 0. The first-order valence-electron chi connectivity index (χ1n) is 8.77. The number of aryl methyl sites for hydroxylation is 1. The third-order valence-corrected chi connectivity index (χ3v) is 4.34. The van der Waals surface area contributed by atoms with Crippen LogP contribution < -0.4 is 5.32 Å². The highest BCUT2D eigenvalue weighted by atomic mass is 16.5. The number of nitrogens with zero attached hydrogens (tertiary/aromatic N) is 1. The van der Waals surface area contributed by atoms with E-state index in [2.05, 4.69) is 36.5 Å². The lowest BCUT2D eigenvalue weighted by atomic mass is 10.1. The second kappa shape index (κ2) is 9.94. The van der Waals surface area contributed by atoms with E-state index in [0.717, 1.165) is 16.8 Å². The maximum absolute atomic E-state index is 12.6. The van der Waals surface area contributed by atoms with Crippen LogP contribution in [0.15, 0.2) is 48.5 Å². The topological polar surface area (TPSA) is 50.8 Å². The van der Waals surface area contributed by atoms with Gasteiger partial charge in [-0.15, -0.1) is 0 Å². The van der Waals surface area contributed by atoms with Gasteiger partial charge >= 0.3 is 6.03 Å². The van der Waals surface area contributed by atoms with Gasteiger partial charge in [-0.3, -0.25) is 0 Å². The number of carbonyl (C=O) groups is 1. The Hall–Kier alpha value is -2.37. The molecule has 0 radical (unpaired) electrons. The minimum absolute atomic E-state index is 0.0174. The van der Waals surface area contributed by atoms with E-state index in [-0.39, 0.29) is 12.1 Å². The number of rotatable bonds is 8. The van der Waals surface area contributed by atoms with Gasteiger partial charge in [0.25, 0.3) is 0 Å². The molecule has 0 aliphatic heterocycles. The van der Waals surface area contributed by atoms with E-state index in [9.17, 15) is 4.79 Å². The van der Waals surface area contributed by atoms with Crippen molar-refractivity contribution in [3.05, 3.63) is 65.2 Å². The van der Waals surface area contributed by atoms with E-state index in [1.807, 2.05) is 31.2 Å². The van der Waals surface area contributed by atoms with Crippen LogP contribution in [0.5, 0.6) is 0 Å². The minimum atomic E-state index is -0.143. The van der Waals surface area contributed by atoms with E-state index < -0.39 is 0 Å². The number of hydrogen-bond donors (Lipinski definition) is 1. The number of carbonyl (C=O) groups excluding carboxylic acids is 1. The van der Waals surface area contributed by atoms with Crippen LogP contribution in [0.3, 0.4) is 0 Å². The Balaban J connectivity index is 1.94. The molecule has 5 nitrogen and oxygen atoms in total. The average Bonchev–Trinajstić information content (AvgIpc) is 2.65. The lowest BCUT2D eigenvalue weighted by Crippen LogP contribution is -2.33. The minimum Gasteiger partial charge on any atom is -0.382 e. The van der Waals surface area contributed by atoms with Crippen molar-refractivity contribution in [3.63, 3.8) is 0 Å². The van der Waals surface area contributed by atoms with Crippen molar-refractivity contribution in [2.24, 2.45) is 0 Å². The predicted molar refractivity (Wildman–Crippen MR) is 104 cm³/mol. The molecule has 0 spiro atoms. The fraction of sp³-hybridized carbons (Fsp3) is 0.381. The summed E-state index contributed by atoms with van der Waals surface area (Å²) in [4.78, 5) is 14.3. The van der Waals surface area contributed by atoms with Gasteiger partial charge in [0.15, 0.2) is 0 Å². The number of nitrogens with one attached hydrogen (secondary N) is 1. The first kappa shape index (κ1) is 19.9. The summed E-state index contributed by atoms with van der Waals surface area (Å²) >= 11 is 0. The van der Waals surface area contributed by atoms with Gasteiger partial charge in [-0.1, -0.05) is 42.0 Å². The maximum atomic E-state index is 12.6. The molecule has 0 unspecified atom stereocenters. The fourth-order valence-corrected chi connectivity index (χ4v) is 2.53. The number of anilines is 1. The van der Waals surface area contributed by atoms with Crippen LogP contribution in [0.4, 0.5) is 10.5 Å². The number of hydrogen-bond acceptors (Lipinski definition) is 3. The predicted octanol–water partition coefficient (Wildman–Crippen LogP) is 4.38. The second-order valence-electron chi connectivity index (χ2n) is 6.37. The van der Waals surface area contributed by atoms with Gasteiger partial charge in [0, 0.05) is 19.8 Å². The van der Waals surface area contributed by atoms with E-state index in [1.54, 1.807) is 19.1 Å². The van der Waals surface area contributed by atoms with Crippen LogP contribution in [0.1, 0.15) is 29.7 Å². The highest BCUT2D eigenvalue weighted by molar-refractivity contribution is 5.89. The normalized spacial score (nSPS) is 11.8. The third-order valence-electron chi connectivity index (χ3n) is 4.34. The number of methoxy groups -OCH3 is 1. The monoisotopic (exact) mass is 356 g/mol. The molecule has 5 heteroatoms. The molecule has 140 valence electrons. The molecule has 2 aromatic carbocycles. The highest BCUT2D eigenvalue weighted by Crippen LogP contribution is 2.20. The van der Waals surface area contributed by atoms with Crippen molar-refractivity contribution in [2.45, 2.75) is 26.5 Å². The zero-order valence-corrected chi connectivity index (χ0v) is 16.0. The van der Waals surface area contributed by atoms with Crippen LogP contribution in [0.25, 0.3) is 0 Å². The average molecular weight is 356 g/mol. The van der Waals surface area contributed by atoms with Crippen LogP contribution in [-0.2, 0) is 16.1 Å². The summed E-state index contributed by atoms with van der Waals surface area (Å²) in [6.45, 7) is 5.67. The molecule has 1 N–H and O–H groups in total. The fourth-order valence-electron chi connectivity index (χ4n) is 2.53. The van der Waals surface area contributed by atoms with Gasteiger partial charge in [0.1, 0.15) is 0 Å². The molecule has 2 amide bonds. The lowest BCUT2D eigenvalue weighted by Gasteiger charge is -2.26. The Morgan fingerprint density at radius 3 is 2.58 bits per heavy atom. The SMILES string of the molecule is COCCOCc1cccc(NC(=O)N(C)[C@H](C)c2ccc(C)cc2)c1. The highest BCUT2D eigenvalue weighted by Gasteiger charge is 2.17. The van der Waals surface area contributed by atoms with Gasteiger partial charge in [-0.25, -0.2) is 4.79 Å². The zero-order chi connectivity index (χ0) is 18.9. The number of benzene rings is 2. The lowest BCUT2D eigenvalue weighted by molar-refractivity contribution is 0.0617. The summed E-state index contributed by atoms with van der Waals surface area (Å²) < 4.78 is 10.5. The van der Waals surface area contributed by atoms with Crippen molar-refractivity contribution in [1.82, 2.24) is 4.90 Å². The van der Waals surface area contributed by atoms with E-state index >= 15 is 0 Å². The molecule has 0 saturated heterocycles. The van der Waals surface area contributed by atoms with Gasteiger partial charge < -0.3 is 19.7 Å². The van der Waals surface area contributed by atoms with E-state index in [4.69, 9.17) is 9.47 Å². The van der Waals surface area contributed by atoms with Gasteiger partial charge in [0.05, 0.1) is 25.9 Å². The van der Waals surface area contributed by atoms with Gasteiger partial charge in [-0.2, -0.15) is 0 Å². The number of urea groups is 1. The molecular weight excluding hydrogens is 328 g/mol. The Labute approximate surface area is 155 Å². The summed E-state index contributed by atoms with van der Waals surface area (Å²) in [6, 6.07) is 15.8. The molecule has 1 atom stereocenters. The Kier molecular flexibility index (Phi) is 7.63. The van der Waals surface area contributed by atoms with Crippen molar-refractivity contribution in [2.75, 3.05) is 32.7 Å². The summed E-state index contributed by atoms with van der Waals surface area (Å²) in [6.07, 6.45) is 0. The van der Waals surface area contributed by atoms with Crippen LogP contribution in [0, 0.1) is 6.92 Å². The van der Waals surface area contributed by atoms with Crippen LogP contribution in [-0.4, -0.2) is 38.3 Å². The molecule has 0 heterocycles. The maximum Gasteiger partial charge on any atom is 0.322 e. The Bertz CT molecular complexity index is 701. The zero-order valence-electron chi connectivity index (χ0n) is 16.0. The largest absolute Gasteiger partial charge is 0.382 e. The Morgan fingerprint density at radius 2 is 1.88 bits per heavy atom. The summed E-state index contributed by atoms with van der Waals surface area (Å²) in [7, 11) is 3.45. The standard InChI is InChI=1S/C21H28N2O3/c1-16-8-10-19(11-9-16)17(2)23(3)21(24)22-20-7-5-6-18(14-20)15-26-13-12-25-4/h5-11,14,17H,12-13,15H2,1-4H3,(H,22,24)/t17-/m1/s1. The van der Waals surface area contributed by atoms with Gasteiger partial charge in [0.2, 0.25) is 0 Å². The first-order valence-corrected chi connectivity index (χ1v) is 8.77. The molecule has 2 rings (SSSR count). The van der Waals surface area contributed by atoms with E-state index in [0.29, 0.717) is 19.8 Å². The van der Waals surface area contributed by atoms with Crippen molar-refractivity contribution in [1.29, 1.82) is 0 Å². The first-order chi connectivity index (χ1) is 12.5. The molecule has 0 fully saturated rings. The molecule has 0 saturated carbocycles. The van der Waals surface area contributed by atoms with E-state index in [1.165, 1.54) is 5.56 Å². The van der Waals surface area contributed by atoms with Crippen LogP contribution in [0.2, 0.25) is 0 Å². The van der Waals surface area contributed by atoms with Gasteiger partial charge in [-0.05, 0) is 37.1 Å². The van der Waals surface area contributed by atoms with Crippen LogP contribution >= 0.6 is 0 Å². The molecule has 0 bridgehead atoms. The smallest absolute Gasteiger partial charge is 0.322 e. The van der Waals surface area contributed by atoms with Crippen molar-refractivity contribution < 1.29 is 14.3 Å². The third kappa shape index (κ3) is 5.86. The Morgan fingerprint density at radius 1 is 1.15 bits per heavy atom. The molecule has 0 aliphatic rings. The molecule has 0 aromatic heterocycles. The summed E-state index contributed by atoms with van der Waals surface area (Å²) in [5, 5.41) is 2.95. The number of ether oxygens (including phenoxy) is 2. The molecule has 2 aromatic rings.